The Morgan fingerprint density at radius 3 is 2.33 bits per heavy atom. The Labute approximate surface area is 50.5 Å². The van der Waals surface area contributed by atoms with Gasteiger partial charge in [-0.2, -0.15) is 0 Å². The first-order chi connectivity index (χ1) is 2.77. The van der Waals surface area contributed by atoms with Crippen LogP contribution in [0.3, 0.4) is 0 Å². The van der Waals surface area contributed by atoms with Crippen molar-refractivity contribution in [1.82, 2.24) is 0 Å². The summed E-state index contributed by atoms with van der Waals surface area (Å²) in [5.41, 5.74) is 0. The number of hydrogen-bond donors (Lipinski definition) is 0. The summed E-state index contributed by atoms with van der Waals surface area (Å²) < 4.78 is 0.199. The molecule has 0 aromatic rings. The quantitative estimate of drug-likeness (QED) is 0.425. The van der Waals surface area contributed by atoms with Gasteiger partial charge in [0.15, 0.2) is 0 Å². The minimum absolute atomic E-state index is 0.199. The predicted molar refractivity (Wildman–Crippen MR) is 25.6 cm³/mol. The minimum atomic E-state index is 0.199. The Hall–Kier alpha value is 0.209. The second-order valence-corrected chi connectivity index (χ2v) is 2.27. The molecule has 0 aromatic carbocycles. The first kappa shape index (κ1) is 6.21. The van der Waals surface area contributed by atoms with Gasteiger partial charge < -0.3 is 0 Å². The second-order valence-electron chi connectivity index (χ2n) is 0.864. The van der Waals surface area contributed by atoms with Crippen molar-refractivity contribution in [3.63, 3.8) is 0 Å². The Bertz CT molecular complexity index is 75.6. The monoisotopic (exact) mass is 189 g/mol. The predicted octanol–water partition coefficient (Wildman–Crippen LogP) is 0.258. The molecule has 31 valence electrons. The Morgan fingerprint density at radius 1 is 1.83 bits per heavy atom. The molecule has 0 spiro atoms. The average Bonchev–Trinajstić information content (AvgIpc) is 1.35. The van der Waals surface area contributed by atoms with Gasteiger partial charge in [0.25, 0.3) is 0 Å². The molecule has 0 aliphatic carbocycles. The van der Waals surface area contributed by atoms with E-state index in [1.54, 1.807) is 12.2 Å². The van der Waals surface area contributed by atoms with Crippen LogP contribution in [0.15, 0.2) is 12.2 Å². The zero-order valence-electron chi connectivity index (χ0n) is 3.56. The molecule has 0 saturated carbocycles. The van der Waals surface area contributed by atoms with Crippen molar-refractivity contribution in [2.45, 2.75) is 6.92 Å². The van der Waals surface area contributed by atoms with Gasteiger partial charge in [-0.25, -0.2) is 0 Å². The van der Waals surface area contributed by atoms with E-state index in [0.29, 0.717) is 0 Å². The topological polar surface area (TPSA) is 17.1 Å². The normalized spacial score (nSPS) is 9.67. The Kier molecular flexibility index (Phi) is 3.52. The van der Waals surface area contributed by atoms with E-state index in [2.05, 4.69) is 0 Å². The van der Waals surface area contributed by atoms with Crippen molar-refractivity contribution >= 4 is 26.3 Å². The van der Waals surface area contributed by atoms with E-state index >= 15 is 0 Å². The summed E-state index contributed by atoms with van der Waals surface area (Å²) in [5, 5.41) is 0. The van der Waals surface area contributed by atoms with Crippen LogP contribution < -0.4 is 0 Å². The molecule has 0 saturated heterocycles. The van der Waals surface area contributed by atoms with Crippen LogP contribution in [0, 0.1) is 0 Å². The van der Waals surface area contributed by atoms with E-state index in [0.717, 1.165) is 22.5 Å². The molecule has 0 fully saturated rings. The van der Waals surface area contributed by atoms with Crippen LogP contribution in [0.1, 0.15) is 6.92 Å². The van der Waals surface area contributed by atoms with E-state index in [1.165, 1.54) is 0 Å². The van der Waals surface area contributed by atoms with Gasteiger partial charge in [0.05, 0.1) is 0 Å². The van der Waals surface area contributed by atoms with Crippen LogP contribution in [0.5, 0.6) is 0 Å². The van der Waals surface area contributed by atoms with Crippen LogP contribution in [0.2, 0.25) is 0 Å². The fourth-order valence-electron chi connectivity index (χ4n) is 0.151. The molecule has 0 bridgehead atoms. The van der Waals surface area contributed by atoms with Gasteiger partial charge in [0.1, 0.15) is 0 Å². The third-order valence-corrected chi connectivity index (χ3v) is 0.794. The molecular weight excluding hydrogens is 183 g/mol. The van der Waals surface area contributed by atoms with Crippen molar-refractivity contribution in [3.05, 3.63) is 12.2 Å². The van der Waals surface area contributed by atoms with E-state index in [4.69, 9.17) is 0 Å². The standard InChI is InChI=1S/C4H5O.Sn/c1-2-3-4-5;/h2-3H,1H3;/b3-2+;. The number of carbonyl (C=O) groups excluding carboxylic acids is 1. The van der Waals surface area contributed by atoms with Crippen molar-refractivity contribution in [1.29, 1.82) is 0 Å². The van der Waals surface area contributed by atoms with Crippen molar-refractivity contribution < 1.29 is 4.79 Å². The number of carbonyl (C=O) groups is 1. The molecule has 0 atom stereocenters. The van der Waals surface area contributed by atoms with E-state index in [-0.39, 0.29) is 3.80 Å². The number of hydrogen-bond acceptors (Lipinski definition) is 1. The molecule has 0 N–H and O–H groups in total. The Balaban J connectivity index is 3.30. The average molecular weight is 188 g/mol. The summed E-state index contributed by atoms with van der Waals surface area (Å²) in [6, 6.07) is 0. The summed E-state index contributed by atoms with van der Waals surface area (Å²) >= 11 is 0.961. The second kappa shape index (κ2) is 3.40. The Morgan fingerprint density at radius 2 is 2.33 bits per heavy atom. The maximum atomic E-state index is 10.00. The molecule has 0 aromatic heterocycles. The first-order valence-electron chi connectivity index (χ1n) is 1.65. The van der Waals surface area contributed by atoms with Gasteiger partial charge in [0, 0.05) is 0 Å². The summed E-state index contributed by atoms with van der Waals surface area (Å²) in [6.45, 7) is 1.84. The zero-order valence-corrected chi connectivity index (χ0v) is 6.42. The van der Waals surface area contributed by atoms with Gasteiger partial charge in [-0.1, -0.05) is 0 Å². The number of allylic oxidation sites excluding steroid dienone is 2. The molecule has 2 heteroatoms. The SMILES string of the molecule is C/C=C/[C](=O)[Sn]. The van der Waals surface area contributed by atoms with E-state index < -0.39 is 0 Å². The molecule has 0 aliphatic heterocycles. The first-order valence-corrected chi connectivity index (χ1v) is 3.08. The summed E-state index contributed by atoms with van der Waals surface area (Å²) in [6.07, 6.45) is 3.31. The van der Waals surface area contributed by atoms with Crippen LogP contribution >= 0.6 is 0 Å². The third kappa shape index (κ3) is 4.21. The van der Waals surface area contributed by atoms with Crippen molar-refractivity contribution in [2.24, 2.45) is 0 Å². The number of rotatable bonds is 1. The van der Waals surface area contributed by atoms with Gasteiger partial charge >= 0.3 is 50.2 Å². The molecular formula is C4H5OSn. The summed E-state index contributed by atoms with van der Waals surface area (Å²) in [4.78, 5) is 10.00. The molecule has 0 rings (SSSR count). The van der Waals surface area contributed by atoms with Gasteiger partial charge in [-0.15, -0.1) is 0 Å². The van der Waals surface area contributed by atoms with Crippen molar-refractivity contribution in [3.8, 4) is 0 Å². The summed E-state index contributed by atoms with van der Waals surface area (Å²) in [5.74, 6) is 0. The van der Waals surface area contributed by atoms with Crippen molar-refractivity contribution in [2.75, 3.05) is 0 Å². The summed E-state index contributed by atoms with van der Waals surface area (Å²) in [7, 11) is 0. The van der Waals surface area contributed by atoms with Crippen LogP contribution in [-0.2, 0) is 4.79 Å². The van der Waals surface area contributed by atoms with E-state index in [1.807, 2.05) is 6.92 Å². The molecule has 0 aliphatic rings. The van der Waals surface area contributed by atoms with Gasteiger partial charge in [0.2, 0.25) is 0 Å². The molecule has 1 nitrogen and oxygen atoms in total. The molecule has 3 radical (unpaired) electrons. The fraction of sp³-hybridized carbons (Fsp3) is 0.250. The van der Waals surface area contributed by atoms with Crippen LogP contribution in [0.4, 0.5) is 0 Å². The fourth-order valence-corrected chi connectivity index (χ4v) is 0.627. The van der Waals surface area contributed by atoms with Gasteiger partial charge in [-0.3, -0.25) is 0 Å². The molecule has 6 heavy (non-hydrogen) atoms. The van der Waals surface area contributed by atoms with E-state index in [9.17, 15) is 4.79 Å². The third-order valence-electron chi connectivity index (χ3n) is 0.318. The zero-order chi connectivity index (χ0) is 4.99. The van der Waals surface area contributed by atoms with Crippen LogP contribution in [0.25, 0.3) is 0 Å². The molecule has 0 unspecified atom stereocenters. The molecule has 0 amide bonds. The maximum absolute atomic E-state index is 10.00. The van der Waals surface area contributed by atoms with Crippen LogP contribution in [-0.4, -0.2) is 26.3 Å². The molecule has 0 heterocycles. The van der Waals surface area contributed by atoms with Gasteiger partial charge in [-0.05, 0) is 0 Å².